The summed E-state index contributed by atoms with van der Waals surface area (Å²) in [6, 6.07) is 24.1. The molecule has 4 aromatic carbocycles. The zero-order chi connectivity index (χ0) is 35.6. The fourth-order valence-corrected chi connectivity index (χ4v) is 7.93. The molecule has 0 saturated heterocycles. The van der Waals surface area contributed by atoms with E-state index in [1.165, 1.54) is 66.9 Å². The normalized spacial score (nSPS) is 17.7. The summed E-state index contributed by atoms with van der Waals surface area (Å²) < 4.78 is 44.0. The standard InChI is InChI=1S/C41H41Cl2N2.BF4/c1-4-6-23-44-35(32-14-8-11-28-12-9-16-37(44)39(28)32)20-17-29-25-27(3)26-30(41(29)43)18-21-36-33-15-10-13-31-34(42)19-22-38(40(31)33)45(36)24-7-5-2;2-1(3,4)5/h8-22,27H,4-7,23-26H2,1-3H3;/q+1;-1. The minimum absolute atomic E-state index is 0.515. The Bertz CT molecular complexity index is 2230. The van der Waals surface area contributed by atoms with E-state index in [-0.39, 0.29) is 0 Å². The van der Waals surface area contributed by atoms with Crippen molar-refractivity contribution in [2.24, 2.45) is 5.92 Å². The Hall–Kier alpha value is -3.81. The molecule has 0 radical (unpaired) electrons. The van der Waals surface area contributed by atoms with Gasteiger partial charge in [-0.05, 0) is 66.0 Å². The van der Waals surface area contributed by atoms with Gasteiger partial charge in [-0.15, -0.1) is 0 Å². The maximum absolute atomic E-state index is 9.75. The number of halogens is 6. The number of allylic oxidation sites excluding steroid dienone is 6. The summed E-state index contributed by atoms with van der Waals surface area (Å²) in [7, 11) is -6.00. The number of aryl methyl sites for hydroxylation is 1. The quantitative estimate of drug-likeness (QED) is 0.0814. The minimum atomic E-state index is -6.00. The molecule has 260 valence electrons. The average Bonchev–Trinajstić information content (AvgIpc) is 3.56. The van der Waals surface area contributed by atoms with Crippen LogP contribution in [0, 0.1) is 5.92 Å². The van der Waals surface area contributed by atoms with Gasteiger partial charge in [0.15, 0.2) is 0 Å². The largest absolute Gasteiger partial charge is 0.673 e. The van der Waals surface area contributed by atoms with Gasteiger partial charge >= 0.3 is 7.25 Å². The number of aromatic nitrogens is 1. The topological polar surface area (TPSA) is 7.94 Å². The molecule has 2 aliphatic rings. The van der Waals surface area contributed by atoms with E-state index >= 15 is 0 Å². The van der Waals surface area contributed by atoms with E-state index in [2.05, 4.69) is 115 Å². The second-order valence-electron chi connectivity index (χ2n) is 13.3. The van der Waals surface area contributed by atoms with Crippen molar-refractivity contribution < 1.29 is 21.8 Å². The number of rotatable bonds is 9. The van der Waals surface area contributed by atoms with E-state index in [9.17, 15) is 17.3 Å². The van der Waals surface area contributed by atoms with Crippen LogP contribution in [0.4, 0.5) is 23.0 Å². The average molecular weight is 720 g/mol. The molecule has 7 rings (SSSR count). The van der Waals surface area contributed by atoms with E-state index < -0.39 is 7.25 Å². The molecule has 1 aliphatic carbocycles. The number of nitrogens with zero attached hydrogens (tertiary/aromatic N) is 2. The number of benzene rings is 4. The van der Waals surface area contributed by atoms with Crippen LogP contribution in [-0.4, -0.2) is 28.7 Å². The minimum Gasteiger partial charge on any atom is -0.418 e. The smallest absolute Gasteiger partial charge is 0.418 e. The van der Waals surface area contributed by atoms with Gasteiger partial charge in [0.1, 0.15) is 6.54 Å². The molecular formula is C41H41BCl2F4N2. The molecule has 5 aromatic rings. The summed E-state index contributed by atoms with van der Waals surface area (Å²) >= 11 is 13.9. The highest BCUT2D eigenvalue weighted by atomic mass is 35.5. The van der Waals surface area contributed by atoms with Crippen molar-refractivity contribution in [3.8, 4) is 0 Å². The summed E-state index contributed by atoms with van der Waals surface area (Å²) in [5.74, 6) is 0.515. The van der Waals surface area contributed by atoms with Gasteiger partial charge in [-0.1, -0.05) is 111 Å². The van der Waals surface area contributed by atoms with Gasteiger partial charge in [0, 0.05) is 62.2 Å². The Kier molecular flexibility index (Phi) is 10.9. The van der Waals surface area contributed by atoms with Gasteiger partial charge in [0.25, 0.3) is 0 Å². The molecule has 1 aromatic heterocycles. The molecule has 2 heterocycles. The summed E-state index contributed by atoms with van der Waals surface area (Å²) in [5.41, 5.74) is 7.49. The van der Waals surface area contributed by atoms with E-state index in [1.54, 1.807) is 0 Å². The molecule has 2 nitrogen and oxygen atoms in total. The lowest BCUT2D eigenvalue weighted by Gasteiger charge is -2.22. The Balaban J connectivity index is 0.000000808. The van der Waals surface area contributed by atoms with Gasteiger partial charge in [-0.2, -0.15) is 4.58 Å². The Morgan fingerprint density at radius 2 is 1.52 bits per heavy atom. The monoisotopic (exact) mass is 718 g/mol. The van der Waals surface area contributed by atoms with Crippen molar-refractivity contribution in [2.45, 2.75) is 65.8 Å². The van der Waals surface area contributed by atoms with Crippen LogP contribution in [0.3, 0.4) is 0 Å². The molecule has 0 bridgehead atoms. The number of hydrogen-bond donors (Lipinski definition) is 0. The third-order valence-electron chi connectivity index (χ3n) is 9.62. The first-order valence-electron chi connectivity index (χ1n) is 17.5. The molecule has 0 N–H and O–H groups in total. The van der Waals surface area contributed by atoms with Gasteiger partial charge in [0.05, 0.1) is 10.9 Å². The number of hydrogen-bond acceptors (Lipinski definition) is 0. The van der Waals surface area contributed by atoms with Crippen molar-refractivity contribution in [3.63, 3.8) is 0 Å². The zero-order valence-corrected chi connectivity index (χ0v) is 30.1. The maximum Gasteiger partial charge on any atom is 0.673 e. The van der Waals surface area contributed by atoms with Crippen molar-refractivity contribution in [2.75, 3.05) is 6.54 Å². The third kappa shape index (κ3) is 7.45. The first-order chi connectivity index (χ1) is 24.0. The van der Waals surface area contributed by atoms with Crippen LogP contribution in [0.25, 0.3) is 38.5 Å². The summed E-state index contributed by atoms with van der Waals surface area (Å²) in [5, 5.41) is 9.34. The first kappa shape index (κ1) is 36.0. The Morgan fingerprint density at radius 1 is 0.820 bits per heavy atom. The van der Waals surface area contributed by atoms with Crippen molar-refractivity contribution in [1.82, 2.24) is 4.57 Å². The highest BCUT2D eigenvalue weighted by Gasteiger charge is 2.31. The number of unbranched alkanes of at least 4 members (excludes halogenated alkanes) is 2. The van der Waals surface area contributed by atoms with Crippen LogP contribution < -0.4 is 5.35 Å². The Morgan fingerprint density at radius 3 is 2.26 bits per heavy atom. The summed E-state index contributed by atoms with van der Waals surface area (Å²) in [4.78, 5) is 0. The fourth-order valence-electron chi connectivity index (χ4n) is 7.42. The molecule has 1 atom stereocenters. The van der Waals surface area contributed by atoms with E-state index in [0.29, 0.717) is 5.92 Å². The van der Waals surface area contributed by atoms with Gasteiger partial charge in [-0.3, -0.25) is 0 Å². The summed E-state index contributed by atoms with van der Waals surface area (Å²) in [6.07, 6.45) is 15.7. The van der Waals surface area contributed by atoms with Crippen LogP contribution in [0.15, 0.2) is 101 Å². The molecular weight excluding hydrogens is 678 g/mol. The molecule has 0 spiro atoms. The van der Waals surface area contributed by atoms with Crippen LogP contribution in [0.2, 0.25) is 5.02 Å². The second kappa shape index (κ2) is 15.2. The summed E-state index contributed by atoms with van der Waals surface area (Å²) in [6.45, 7) is 8.85. The van der Waals surface area contributed by atoms with Crippen molar-refractivity contribution >= 4 is 80.4 Å². The van der Waals surface area contributed by atoms with Crippen LogP contribution in [0.1, 0.15) is 64.9 Å². The highest BCUT2D eigenvalue weighted by Crippen LogP contribution is 2.40. The molecule has 9 heteroatoms. The van der Waals surface area contributed by atoms with Crippen molar-refractivity contribution in [1.29, 1.82) is 0 Å². The fraction of sp³-hybridized carbons (Fsp3) is 0.293. The second-order valence-corrected chi connectivity index (χ2v) is 14.1. The lowest BCUT2D eigenvalue weighted by Crippen LogP contribution is -2.16. The van der Waals surface area contributed by atoms with Crippen LogP contribution in [0.5, 0.6) is 0 Å². The lowest BCUT2D eigenvalue weighted by molar-refractivity contribution is -0.436. The molecule has 1 aliphatic heterocycles. The predicted molar refractivity (Wildman–Crippen MR) is 205 cm³/mol. The third-order valence-corrected chi connectivity index (χ3v) is 10.4. The molecule has 50 heavy (non-hydrogen) atoms. The van der Waals surface area contributed by atoms with Crippen molar-refractivity contribution in [3.05, 3.63) is 117 Å². The SMILES string of the molecule is CCCCn1/c(=C\C=C2/CC(C)CC(/C=C\C3=[N+](CCCC)c4ccc(Cl)c5cccc3c45)=C2Cl)c2cccc3cccc1c32.F[B-](F)(F)F. The lowest BCUT2D eigenvalue weighted by atomic mass is 9.86. The molecule has 0 fully saturated rings. The molecule has 0 saturated carbocycles. The highest BCUT2D eigenvalue weighted by molar-refractivity contribution is 6.50. The van der Waals surface area contributed by atoms with E-state index in [4.69, 9.17) is 23.2 Å². The Labute approximate surface area is 301 Å². The first-order valence-corrected chi connectivity index (χ1v) is 18.3. The predicted octanol–water partition coefficient (Wildman–Crippen LogP) is 12.6. The molecule has 0 amide bonds. The van der Waals surface area contributed by atoms with Gasteiger partial charge in [0.2, 0.25) is 11.4 Å². The van der Waals surface area contributed by atoms with E-state index in [1.807, 2.05) is 6.07 Å². The van der Waals surface area contributed by atoms with Gasteiger partial charge < -0.3 is 21.8 Å². The maximum atomic E-state index is 9.75. The van der Waals surface area contributed by atoms with E-state index in [0.717, 1.165) is 60.6 Å². The van der Waals surface area contributed by atoms with Crippen LogP contribution >= 0.6 is 23.2 Å². The van der Waals surface area contributed by atoms with Gasteiger partial charge in [-0.25, -0.2) is 0 Å². The zero-order valence-electron chi connectivity index (χ0n) is 28.6. The molecule has 1 unspecified atom stereocenters. The van der Waals surface area contributed by atoms with Crippen LogP contribution in [-0.2, 0) is 6.54 Å².